The summed E-state index contributed by atoms with van der Waals surface area (Å²) in [5.74, 6) is 0. The van der Waals surface area contributed by atoms with Gasteiger partial charge in [0.2, 0.25) is 0 Å². The highest BCUT2D eigenvalue weighted by atomic mass is 79.9. The van der Waals surface area contributed by atoms with Crippen molar-refractivity contribution in [2.45, 2.75) is 0 Å². The minimum Gasteiger partial charge on any atom is -0.309 e. The number of fused-ring (bicyclic) bond motifs is 3. The average Bonchev–Trinajstić information content (AvgIpc) is 2.94. The van der Waals surface area contributed by atoms with Crippen molar-refractivity contribution in [1.29, 1.82) is 0 Å². The maximum atomic E-state index is 8.43. The monoisotopic (exact) mass is 324 g/mol. The van der Waals surface area contributed by atoms with Gasteiger partial charge in [0, 0.05) is 20.9 Å². The Hall–Kier alpha value is -2.06. The Morgan fingerprint density at radius 2 is 1.55 bits per heavy atom. The van der Waals surface area contributed by atoms with Crippen molar-refractivity contribution in [3.8, 4) is 5.69 Å². The van der Waals surface area contributed by atoms with Crippen molar-refractivity contribution in [3.63, 3.8) is 0 Å². The second-order valence-electron chi connectivity index (χ2n) is 4.60. The summed E-state index contributed by atoms with van der Waals surface area (Å²) in [4.78, 5) is 0. The number of halogens is 1. The fourth-order valence-electron chi connectivity index (χ4n) is 2.59. The molecule has 0 amide bonds. The summed E-state index contributed by atoms with van der Waals surface area (Å²) in [5, 5.41) is 1.63. The second kappa shape index (κ2) is 4.50. The maximum Gasteiger partial charge on any atom is 0.0646 e. The van der Waals surface area contributed by atoms with Gasteiger partial charge in [-0.25, -0.2) is 0 Å². The van der Waals surface area contributed by atoms with E-state index in [9.17, 15) is 0 Å². The van der Waals surface area contributed by atoms with E-state index in [0.717, 1.165) is 16.6 Å². The maximum absolute atomic E-state index is 8.43. The van der Waals surface area contributed by atoms with E-state index in [2.05, 4.69) is 15.9 Å². The van der Waals surface area contributed by atoms with Crippen LogP contribution in [0.5, 0.6) is 0 Å². The van der Waals surface area contributed by atoms with Crippen molar-refractivity contribution >= 4 is 37.7 Å². The summed E-state index contributed by atoms with van der Waals surface area (Å²) < 4.78 is 27.3. The van der Waals surface area contributed by atoms with Gasteiger partial charge in [-0.1, -0.05) is 52.3 Å². The number of rotatable bonds is 1. The standard InChI is InChI=1S/C18H12BrN/c19-13-10-11-18-16(12-13)15-8-4-5-9-17(15)20(18)14-6-2-1-3-7-14/h1-12H/i10D,11D,12D. The van der Waals surface area contributed by atoms with Crippen molar-refractivity contribution in [2.75, 3.05) is 0 Å². The molecule has 1 nitrogen and oxygen atoms in total. The SMILES string of the molecule is [2H]c1c(Br)c([2H])c2c3ccccc3n(-c3ccccc3)c2c1[2H]. The summed E-state index contributed by atoms with van der Waals surface area (Å²) in [7, 11) is 0. The second-order valence-corrected chi connectivity index (χ2v) is 5.39. The predicted octanol–water partition coefficient (Wildman–Crippen LogP) is 5.55. The molecule has 1 heterocycles. The summed E-state index contributed by atoms with van der Waals surface area (Å²) in [6, 6.07) is 18.0. The summed E-state index contributed by atoms with van der Waals surface area (Å²) >= 11 is 3.30. The predicted molar refractivity (Wildman–Crippen MR) is 88.5 cm³/mol. The molecule has 0 fully saturated rings. The van der Waals surface area contributed by atoms with Crippen molar-refractivity contribution < 1.29 is 4.11 Å². The highest BCUT2D eigenvalue weighted by molar-refractivity contribution is 9.10. The van der Waals surface area contributed by atoms with E-state index >= 15 is 0 Å². The first kappa shape index (κ1) is 8.98. The van der Waals surface area contributed by atoms with Crippen LogP contribution in [0, 0.1) is 0 Å². The summed E-state index contributed by atoms with van der Waals surface area (Å²) in [6.45, 7) is 0. The molecule has 4 rings (SSSR count). The van der Waals surface area contributed by atoms with Crippen LogP contribution in [-0.2, 0) is 0 Å². The summed E-state index contributed by atoms with van der Waals surface area (Å²) in [6.07, 6.45) is 0. The van der Waals surface area contributed by atoms with E-state index in [-0.39, 0.29) is 18.1 Å². The van der Waals surface area contributed by atoms with Crippen LogP contribution in [0.4, 0.5) is 0 Å². The van der Waals surface area contributed by atoms with Gasteiger partial charge in [-0.2, -0.15) is 0 Å². The number of aromatic nitrogens is 1. The molecule has 4 aromatic rings. The number of nitrogens with zero attached hydrogens (tertiary/aromatic N) is 1. The van der Waals surface area contributed by atoms with E-state index in [1.165, 1.54) is 0 Å². The highest BCUT2D eigenvalue weighted by Crippen LogP contribution is 2.33. The van der Waals surface area contributed by atoms with Gasteiger partial charge in [-0.05, 0) is 36.3 Å². The van der Waals surface area contributed by atoms with Gasteiger partial charge in [0.25, 0.3) is 0 Å². The molecule has 0 aliphatic heterocycles. The fraction of sp³-hybridized carbons (Fsp3) is 0. The molecule has 0 saturated carbocycles. The van der Waals surface area contributed by atoms with Crippen LogP contribution >= 0.6 is 15.9 Å². The largest absolute Gasteiger partial charge is 0.309 e. The molecule has 3 aromatic carbocycles. The van der Waals surface area contributed by atoms with Crippen molar-refractivity contribution in [1.82, 2.24) is 4.57 Å². The van der Waals surface area contributed by atoms with Gasteiger partial charge in [0.15, 0.2) is 0 Å². The first-order chi connectivity index (χ1) is 11.1. The molecule has 0 N–H and O–H groups in total. The third-order valence-corrected chi connectivity index (χ3v) is 3.81. The number of benzene rings is 3. The topological polar surface area (TPSA) is 4.93 Å². The van der Waals surface area contributed by atoms with E-state index in [1.807, 2.05) is 59.2 Å². The number of hydrogen-bond donors (Lipinski definition) is 0. The fourth-order valence-corrected chi connectivity index (χ4v) is 2.88. The molecule has 0 spiro atoms. The zero-order valence-corrected chi connectivity index (χ0v) is 12.1. The molecule has 20 heavy (non-hydrogen) atoms. The van der Waals surface area contributed by atoms with Crippen LogP contribution in [0.25, 0.3) is 27.5 Å². The lowest BCUT2D eigenvalue weighted by atomic mass is 10.2. The van der Waals surface area contributed by atoms with Crippen LogP contribution in [0.15, 0.2) is 77.2 Å². The third kappa shape index (κ3) is 1.69. The first-order valence-electron chi connectivity index (χ1n) is 7.85. The van der Waals surface area contributed by atoms with E-state index in [1.54, 1.807) is 0 Å². The Labute approximate surface area is 129 Å². The molecular formula is C18H12BrN. The number of hydrogen-bond acceptors (Lipinski definition) is 0. The minimum absolute atomic E-state index is 0.0440. The zero-order chi connectivity index (χ0) is 16.1. The van der Waals surface area contributed by atoms with Crippen LogP contribution in [0.1, 0.15) is 4.11 Å². The molecule has 0 aliphatic carbocycles. The average molecular weight is 325 g/mol. The lowest BCUT2D eigenvalue weighted by Crippen LogP contribution is -1.92. The van der Waals surface area contributed by atoms with Gasteiger partial charge >= 0.3 is 0 Å². The van der Waals surface area contributed by atoms with E-state index in [0.29, 0.717) is 15.4 Å². The molecule has 0 radical (unpaired) electrons. The molecule has 0 saturated heterocycles. The molecule has 96 valence electrons. The van der Waals surface area contributed by atoms with Gasteiger partial charge in [0.1, 0.15) is 0 Å². The van der Waals surface area contributed by atoms with Crippen LogP contribution in [0.3, 0.4) is 0 Å². The zero-order valence-electron chi connectivity index (χ0n) is 13.5. The Bertz CT molecular complexity index is 1050. The van der Waals surface area contributed by atoms with Crippen molar-refractivity contribution in [3.05, 3.63) is 77.2 Å². The molecule has 0 unspecified atom stereocenters. The third-order valence-electron chi connectivity index (χ3n) is 3.41. The molecule has 0 bridgehead atoms. The summed E-state index contributed by atoms with van der Waals surface area (Å²) in [5.41, 5.74) is 2.47. The Morgan fingerprint density at radius 3 is 2.40 bits per heavy atom. The molecule has 1 aromatic heterocycles. The molecule has 0 atom stereocenters. The Balaban J connectivity index is 2.33. The van der Waals surface area contributed by atoms with E-state index < -0.39 is 0 Å². The van der Waals surface area contributed by atoms with Crippen LogP contribution in [0.2, 0.25) is 0 Å². The van der Waals surface area contributed by atoms with Gasteiger partial charge in [-0.3, -0.25) is 0 Å². The highest BCUT2D eigenvalue weighted by Gasteiger charge is 2.11. The smallest absolute Gasteiger partial charge is 0.0646 e. The molecule has 2 heteroatoms. The van der Waals surface area contributed by atoms with E-state index in [4.69, 9.17) is 4.11 Å². The lowest BCUT2D eigenvalue weighted by molar-refractivity contribution is 1.18. The lowest BCUT2D eigenvalue weighted by Gasteiger charge is -2.07. The minimum atomic E-state index is 0.0440. The van der Waals surface area contributed by atoms with Crippen LogP contribution < -0.4 is 0 Å². The van der Waals surface area contributed by atoms with Gasteiger partial charge in [0.05, 0.1) is 15.1 Å². The quantitative estimate of drug-likeness (QED) is 0.433. The van der Waals surface area contributed by atoms with Gasteiger partial charge in [-0.15, -0.1) is 0 Å². The van der Waals surface area contributed by atoms with Gasteiger partial charge < -0.3 is 4.57 Å². The number of para-hydroxylation sites is 2. The van der Waals surface area contributed by atoms with Crippen LogP contribution in [-0.4, -0.2) is 4.57 Å². The molecule has 0 aliphatic rings. The van der Waals surface area contributed by atoms with Crippen molar-refractivity contribution in [2.24, 2.45) is 0 Å². The molecular weight excluding hydrogens is 310 g/mol. The Morgan fingerprint density at radius 1 is 0.800 bits per heavy atom. The Kier molecular flexibility index (Phi) is 2.02. The normalized spacial score (nSPS) is 13.3. The first-order valence-corrected chi connectivity index (χ1v) is 7.14.